The van der Waals surface area contributed by atoms with Crippen LogP contribution in [0, 0.1) is 6.92 Å². The van der Waals surface area contributed by atoms with E-state index in [1.807, 2.05) is 11.8 Å². The lowest BCUT2D eigenvalue weighted by Crippen LogP contribution is -2.15. The first-order valence-electron chi connectivity index (χ1n) is 6.47. The van der Waals surface area contributed by atoms with Crippen molar-refractivity contribution in [3.8, 4) is 0 Å². The summed E-state index contributed by atoms with van der Waals surface area (Å²) in [6, 6.07) is 15.2. The molecule has 1 nitrogen and oxygen atoms in total. The number of thioether (sulfide) groups is 1. The molecule has 0 aliphatic carbocycles. The van der Waals surface area contributed by atoms with Crippen molar-refractivity contribution in [3.05, 3.63) is 58.1 Å². The van der Waals surface area contributed by atoms with Crippen LogP contribution in [0.3, 0.4) is 0 Å². The number of nitrogens with one attached hydrogen (secondary N) is 1. The van der Waals surface area contributed by atoms with Gasteiger partial charge in [-0.1, -0.05) is 40.2 Å². The topological polar surface area (TPSA) is 12.0 Å². The molecule has 3 heteroatoms. The zero-order valence-electron chi connectivity index (χ0n) is 10.8. The maximum Gasteiger partial charge on any atom is 0.0352 e. The Kier molecular flexibility index (Phi) is 3.85. The second-order valence-corrected chi connectivity index (χ2v) is 7.09. The molecule has 0 spiro atoms. The van der Waals surface area contributed by atoms with Gasteiger partial charge in [0.2, 0.25) is 0 Å². The Morgan fingerprint density at radius 3 is 2.89 bits per heavy atom. The van der Waals surface area contributed by atoms with Crippen LogP contribution in [0.15, 0.2) is 51.8 Å². The van der Waals surface area contributed by atoms with Crippen LogP contribution in [0.25, 0.3) is 0 Å². The highest BCUT2D eigenvalue weighted by Gasteiger charge is 2.21. The molecule has 3 rings (SSSR count). The van der Waals surface area contributed by atoms with Crippen molar-refractivity contribution in [2.45, 2.75) is 23.5 Å². The summed E-state index contributed by atoms with van der Waals surface area (Å²) in [5, 5.41) is 4.18. The average Bonchev–Trinajstić information content (AvgIpc) is 2.83. The minimum Gasteiger partial charge on any atom is -0.384 e. The standard InChI is InChI=1S/C16H16BrNS/c1-11-6-7-13(9-15(11)17)18-10-14-8-12-4-2-3-5-16(12)19-14/h2-7,9,14,18H,8,10H2,1H3. The van der Waals surface area contributed by atoms with E-state index in [0.29, 0.717) is 5.25 Å². The Hall–Kier alpha value is -0.930. The van der Waals surface area contributed by atoms with Crippen LogP contribution in [0.1, 0.15) is 11.1 Å². The lowest BCUT2D eigenvalue weighted by Gasteiger charge is -2.12. The number of anilines is 1. The van der Waals surface area contributed by atoms with Crippen LogP contribution in [0.5, 0.6) is 0 Å². The van der Waals surface area contributed by atoms with E-state index in [4.69, 9.17) is 0 Å². The zero-order valence-corrected chi connectivity index (χ0v) is 13.2. The molecule has 0 saturated carbocycles. The molecule has 0 saturated heterocycles. The summed E-state index contributed by atoms with van der Waals surface area (Å²) in [6.07, 6.45) is 1.17. The molecule has 2 aromatic carbocycles. The molecule has 1 aliphatic heterocycles. The van der Waals surface area contributed by atoms with Crippen LogP contribution in [-0.4, -0.2) is 11.8 Å². The smallest absolute Gasteiger partial charge is 0.0352 e. The molecule has 1 N–H and O–H groups in total. The summed E-state index contributed by atoms with van der Waals surface area (Å²) in [4.78, 5) is 1.44. The number of hydrogen-bond donors (Lipinski definition) is 1. The third kappa shape index (κ3) is 2.98. The van der Waals surface area contributed by atoms with E-state index in [-0.39, 0.29) is 0 Å². The zero-order chi connectivity index (χ0) is 13.2. The van der Waals surface area contributed by atoms with E-state index < -0.39 is 0 Å². The quantitative estimate of drug-likeness (QED) is 0.858. The normalized spacial score (nSPS) is 17.3. The van der Waals surface area contributed by atoms with Crippen LogP contribution in [0.2, 0.25) is 0 Å². The number of hydrogen-bond acceptors (Lipinski definition) is 2. The average molecular weight is 334 g/mol. The van der Waals surface area contributed by atoms with Crippen LogP contribution in [0.4, 0.5) is 5.69 Å². The van der Waals surface area contributed by atoms with Gasteiger partial charge in [-0.2, -0.15) is 0 Å². The minimum atomic E-state index is 0.637. The predicted molar refractivity (Wildman–Crippen MR) is 87.2 cm³/mol. The summed E-state index contributed by atoms with van der Waals surface area (Å²) >= 11 is 5.57. The van der Waals surface area contributed by atoms with Crippen molar-refractivity contribution >= 4 is 33.4 Å². The lowest BCUT2D eigenvalue weighted by molar-refractivity contribution is 0.899. The van der Waals surface area contributed by atoms with Crippen molar-refractivity contribution in [2.75, 3.05) is 11.9 Å². The molecule has 98 valence electrons. The molecule has 1 atom stereocenters. The summed E-state index contributed by atoms with van der Waals surface area (Å²) in [7, 11) is 0. The molecule has 19 heavy (non-hydrogen) atoms. The van der Waals surface area contributed by atoms with Gasteiger partial charge in [-0.3, -0.25) is 0 Å². The van der Waals surface area contributed by atoms with Gasteiger partial charge in [0.15, 0.2) is 0 Å². The maximum atomic E-state index is 3.58. The molecule has 0 bridgehead atoms. The van der Waals surface area contributed by atoms with Gasteiger partial charge in [0.1, 0.15) is 0 Å². The van der Waals surface area contributed by atoms with Gasteiger partial charge in [-0.15, -0.1) is 11.8 Å². The van der Waals surface area contributed by atoms with Gasteiger partial charge >= 0.3 is 0 Å². The van der Waals surface area contributed by atoms with E-state index in [2.05, 4.69) is 70.6 Å². The number of rotatable bonds is 3. The number of benzene rings is 2. The van der Waals surface area contributed by atoms with E-state index in [1.165, 1.54) is 32.6 Å². The van der Waals surface area contributed by atoms with E-state index >= 15 is 0 Å². The summed E-state index contributed by atoms with van der Waals surface area (Å²) in [5.74, 6) is 0. The first-order chi connectivity index (χ1) is 9.22. The van der Waals surface area contributed by atoms with Gasteiger partial charge < -0.3 is 5.32 Å². The van der Waals surface area contributed by atoms with Crippen molar-refractivity contribution in [3.63, 3.8) is 0 Å². The third-order valence-corrected chi connectivity index (χ3v) is 5.59. The van der Waals surface area contributed by atoms with Crippen molar-refractivity contribution in [2.24, 2.45) is 0 Å². The van der Waals surface area contributed by atoms with Crippen molar-refractivity contribution in [1.82, 2.24) is 0 Å². The molecule has 2 aromatic rings. The highest BCUT2D eigenvalue weighted by Crippen LogP contribution is 2.36. The summed E-state index contributed by atoms with van der Waals surface area (Å²) in [5.41, 5.74) is 3.95. The van der Waals surface area contributed by atoms with Crippen molar-refractivity contribution < 1.29 is 0 Å². The molecule has 0 aromatic heterocycles. The molecule has 1 unspecified atom stereocenters. The summed E-state index contributed by atoms with van der Waals surface area (Å²) < 4.78 is 1.17. The molecule has 0 fully saturated rings. The first-order valence-corrected chi connectivity index (χ1v) is 8.14. The molecule has 1 aliphatic rings. The van der Waals surface area contributed by atoms with Gasteiger partial charge in [-0.05, 0) is 42.7 Å². The van der Waals surface area contributed by atoms with Gasteiger partial charge in [0.05, 0.1) is 0 Å². The Labute approximate surface area is 126 Å². The predicted octanol–water partition coefficient (Wildman–Crippen LogP) is 4.89. The highest BCUT2D eigenvalue weighted by atomic mass is 79.9. The van der Waals surface area contributed by atoms with E-state index in [1.54, 1.807) is 0 Å². The van der Waals surface area contributed by atoms with Crippen LogP contribution < -0.4 is 5.32 Å². The van der Waals surface area contributed by atoms with Gasteiger partial charge in [0, 0.05) is 26.9 Å². The Morgan fingerprint density at radius 1 is 1.26 bits per heavy atom. The van der Waals surface area contributed by atoms with Crippen LogP contribution in [-0.2, 0) is 6.42 Å². The second-order valence-electron chi connectivity index (χ2n) is 4.90. The Bertz CT molecular complexity index is 572. The summed E-state index contributed by atoms with van der Waals surface area (Å²) in [6.45, 7) is 3.12. The van der Waals surface area contributed by atoms with Gasteiger partial charge in [0.25, 0.3) is 0 Å². The number of fused-ring (bicyclic) bond motifs is 1. The van der Waals surface area contributed by atoms with Gasteiger partial charge in [-0.25, -0.2) is 0 Å². The fraction of sp³-hybridized carbons (Fsp3) is 0.250. The fourth-order valence-electron chi connectivity index (χ4n) is 2.30. The highest BCUT2D eigenvalue weighted by molar-refractivity contribution is 9.10. The molecular formula is C16H16BrNS. The lowest BCUT2D eigenvalue weighted by atomic mass is 10.1. The maximum absolute atomic E-state index is 3.58. The van der Waals surface area contributed by atoms with E-state index in [9.17, 15) is 0 Å². The molecule has 0 radical (unpaired) electrons. The molecule has 1 heterocycles. The fourth-order valence-corrected chi connectivity index (χ4v) is 3.93. The number of aryl methyl sites for hydroxylation is 1. The Morgan fingerprint density at radius 2 is 2.11 bits per heavy atom. The van der Waals surface area contributed by atoms with Crippen LogP contribution >= 0.6 is 27.7 Å². The molecule has 0 amide bonds. The second kappa shape index (κ2) is 5.59. The van der Waals surface area contributed by atoms with Crippen molar-refractivity contribution in [1.29, 1.82) is 0 Å². The SMILES string of the molecule is Cc1ccc(NCC2Cc3ccccc3S2)cc1Br. The number of halogens is 1. The first kappa shape index (κ1) is 13.1. The molecular weight excluding hydrogens is 318 g/mol. The Balaban J connectivity index is 1.61. The third-order valence-electron chi connectivity index (χ3n) is 3.42. The monoisotopic (exact) mass is 333 g/mol. The van der Waals surface area contributed by atoms with E-state index in [0.717, 1.165) is 6.54 Å². The minimum absolute atomic E-state index is 0.637. The largest absolute Gasteiger partial charge is 0.384 e.